The molecular formula is C27H24ClFN4O3S. The van der Waals surface area contributed by atoms with Crippen LogP contribution >= 0.6 is 23.4 Å². The van der Waals surface area contributed by atoms with Gasteiger partial charge in [-0.2, -0.15) is 0 Å². The highest BCUT2D eigenvalue weighted by atomic mass is 35.5. The van der Waals surface area contributed by atoms with Crippen LogP contribution in [0.1, 0.15) is 11.1 Å². The first-order valence-electron chi connectivity index (χ1n) is 11.2. The van der Waals surface area contributed by atoms with Crippen molar-refractivity contribution < 1.29 is 18.7 Å². The van der Waals surface area contributed by atoms with E-state index in [1.54, 1.807) is 24.3 Å². The van der Waals surface area contributed by atoms with Gasteiger partial charge in [-0.25, -0.2) is 9.38 Å². The molecule has 190 valence electrons. The van der Waals surface area contributed by atoms with Gasteiger partial charge in [0, 0.05) is 23.1 Å². The highest BCUT2D eigenvalue weighted by molar-refractivity contribution is 8.16. The summed E-state index contributed by atoms with van der Waals surface area (Å²) in [5, 5.41) is 4.72. The van der Waals surface area contributed by atoms with Gasteiger partial charge in [0.25, 0.3) is 5.91 Å². The summed E-state index contributed by atoms with van der Waals surface area (Å²) in [5.41, 5.74) is 10.1. The van der Waals surface area contributed by atoms with E-state index in [9.17, 15) is 14.0 Å². The lowest BCUT2D eigenvalue weighted by atomic mass is 10.1. The molecule has 0 unspecified atom stereocenters. The van der Waals surface area contributed by atoms with Crippen LogP contribution in [0.5, 0.6) is 5.75 Å². The minimum absolute atomic E-state index is 0.0543. The molecule has 4 rings (SSSR count). The van der Waals surface area contributed by atoms with E-state index >= 15 is 0 Å². The molecule has 0 bridgehead atoms. The summed E-state index contributed by atoms with van der Waals surface area (Å²) >= 11 is 6.90. The number of amides is 2. The number of carbonyl (C=O) groups is 2. The predicted molar refractivity (Wildman–Crippen MR) is 147 cm³/mol. The van der Waals surface area contributed by atoms with E-state index in [4.69, 9.17) is 22.1 Å². The first-order chi connectivity index (χ1) is 17.7. The Kier molecular flexibility index (Phi) is 7.85. The molecule has 37 heavy (non-hydrogen) atoms. The number of nitrogens with one attached hydrogen (secondary N) is 2. The normalized spacial score (nSPS) is 16.1. The Bertz CT molecular complexity index is 1460. The maximum absolute atomic E-state index is 13.5. The number of thioether (sulfide) groups is 1. The summed E-state index contributed by atoms with van der Waals surface area (Å²) in [7, 11) is 1.53. The maximum Gasteiger partial charge on any atom is 0.260 e. The van der Waals surface area contributed by atoms with Crippen LogP contribution in [0.25, 0.3) is 0 Å². The number of carbonyl (C=O) groups excluding carboxylic acids is 2. The lowest BCUT2D eigenvalue weighted by molar-refractivity contribution is -0.115. The van der Waals surface area contributed by atoms with Gasteiger partial charge in [0.05, 0.1) is 23.4 Å². The van der Waals surface area contributed by atoms with Gasteiger partial charge in [0.1, 0.15) is 21.9 Å². The molecule has 1 heterocycles. The topological polar surface area (TPSA) is 106 Å². The zero-order valence-electron chi connectivity index (χ0n) is 20.3. The molecule has 0 radical (unpaired) electrons. The molecule has 0 aliphatic carbocycles. The summed E-state index contributed by atoms with van der Waals surface area (Å²) in [6.45, 7) is 3.95. The smallest absolute Gasteiger partial charge is 0.260 e. The Morgan fingerprint density at radius 1 is 1.03 bits per heavy atom. The van der Waals surface area contributed by atoms with Gasteiger partial charge in [-0.1, -0.05) is 35.5 Å². The van der Waals surface area contributed by atoms with Gasteiger partial charge in [0.15, 0.2) is 0 Å². The summed E-state index contributed by atoms with van der Waals surface area (Å²) < 4.78 is 18.8. The standard InChI is InChI=1S/C27H24ClFN4O3S/c1-14-7-8-17(11-15(14)2)33-27-22(25(34)31-16-5-4-6-19(12-16)36-3)23(30)24(37-27)26(35)32-18-9-10-21(29)20(28)13-18/h4-13,24H,30H2,1-3H3,(H,31,34)(H,32,35)/t24-/m1/s1. The van der Waals surface area contributed by atoms with Crippen LogP contribution in [0.15, 0.2) is 76.9 Å². The molecule has 3 aromatic rings. The number of methoxy groups -OCH3 is 1. The lowest BCUT2D eigenvalue weighted by Crippen LogP contribution is -2.29. The van der Waals surface area contributed by atoms with Crippen molar-refractivity contribution >= 4 is 57.3 Å². The van der Waals surface area contributed by atoms with Crippen molar-refractivity contribution in [2.24, 2.45) is 10.7 Å². The fourth-order valence-corrected chi connectivity index (χ4v) is 4.88. The van der Waals surface area contributed by atoms with E-state index in [-0.39, 0.29) is 16.3 Å². The third-order valence-electron chi connectivity index (χ3n) is 5.72. The zero-order valence-corrected chi connectivity index (χ0v) is 21.8. The van der Waals surface area contributed by atoms with Crippen molar-refractivity contribution in [3.63, 3.8) is 0 Å². The van der Waals surface area contributed by atoms with Crippen molar-refractivity contribution in [3.8, 4) is 5.75 Å². The zero-order chi connectivity index (χ0) is 26.7. The fourth-order valence-electron chi connectivity index (χ4n) is 3.58. The van der Waals surface area contributed by atoms with Gasteiger partial charge < -0.3 is 21.1 Å². The molecule has 0 saturated carbocycles. The van der Waals surface area contributed by atoms with Gasteiger partial charge in [-0.15, -0.1) is 0 Å². The molecule has 10 heteroatoms. The lowest BCUT2D eigenvalue weighted by Gasteiger charge is -2.12. The Balaban J connectivity index is 1.68. The van der Waals surface area contributed by atoms with Crippen molar-refractivity contribution in [2.45, 2.75) is 19.1 Å². The Hall–Kier alpha value is -3.82. The monoisotopic (exact) mass is 538 g/mol. The average Bonchev–Trinajstić information content (AvgIpc) is 3.19. The number of aliphatic imine (C=N–C) groups is 1. The van der Waals surface area contributed by atoms with Crippen molar-refractivity contribution in [1.29, 1.82) is 0 Å². The van der Waals surface area contributed by atoms with Crippen LogP contribution in [-0.4, -0.2) is 29.2 Å². The second kappa shape index (κ2) is 11.1. The molecule has 7 nitrogen and oxygen atoms in total. The number of hydrogen-bond donors (Lipinski definition) is 3. The van der Waals surface area contributed by atoms with Crippen LogP contribution in [0.4, 0.5) is 21.5 Å². The number of benzene rings is 3. The minimum Gasteiger partial charge on any atom is -0.497 e. The molecule has 0 aromatic heterocycles. The average molecular weight is 539 g/mol. The molecule has 2 amide bonds. The number of rotatable bonds is 6. The van der Waals surface area contributed by atoms with Gasteiger partial charge >= 0.3 is 0 Å². The van der Waals surface area contributed by atoms with Crippen LogP contribution < -0.4 is 21.1 Å². The van der Waals surface area contributed by atoms with Crippen molar-refractivity contribution in [1.82, 2.24) is 0 Å². The molecule has 0 saturated heterocycles. The van der Waals surface area contributed by atoms with Crippen molar-refractivity contribution in [3.05, 3.63) is 93.9 Å². The Morgan fingerprint density at radius 3 is 2.49 bits per heavy atom. The molecule has 1 aliphatic heterocycles. The number of halogens is 2. The van der Waals surface area contributed by atoms with Crippen molar-refractivity contribution in [2.75, 3.05) is 17.7 Å². The van der Waals surface area contributed by atoms with Crippen LogP contribution in [0.3, 0.4) is 0 Å². The third-order valence-corrected chi connectivity index (χ3v) is 7.23. The van der Waals surface area contributed by atoms with Crippen LogP contribution in [-0.2, 0) is 9.59 Å². The largest absolute Gasteiger partial charge is 0.497 e. The second-order valence-corrected chi connectivity index (χ2v) is 9.82. The number of anilines is 2. The Labute approximate surface area is 222 Å². The Morgan fingerprint density at radius 2 is 1.78 bits per heavy atom. The minimum atomic E-state index is -0.944. The van der Waals surface area contributed by atoms with E-state index in [0.717, 1.165) is 29.0 Å². The molecule has 0 spiro atoms. The highest BCUT2D eigenvalue weighted by Crippen LogP contribution is 2.36. The summed E-state index contributed by atoms with van der Waals surface area (Å²) in [6.07, 6.45) is 0. The van der Waals surface area contributed by atoms with E-state index in [0.29, 0.717) is 27.9 Å². The quantitative estimate of drug-likeness (QED) is 0.371. The first-order valence-corrected chi connectivity index (χ1v) is 12.5. The van der Waals surface area contributed by atoms with Gasteiger partial charge in [-0.05, 0) is 67.4 Å². The number of hydrogen-bond acceptors (Lipinski definition) is 6. The van der Waals surface area contributed by atoms with Crippen LogP contribution in [0.2, 0.25) is 5.02 Å². The number of aryl methyl sites for hydroxylation is 2. The molecular weight excluding hydrogens is 515 g/mol. The highest BCUT2D eigenvalue weighted by Gasteiger charge is 2.38. The second-order valence-electron chi connectivity index (χ2n) is 8.32. The number of nitrogens with two attached hydrogens (primary N) is 1. The molecule has 0 fully saturated rings. The summed E-state index contributed by atoms with van der Waals surface area (Å²) in [6, 6.07) is 16.4. The third kappa shape index (κ3) is 5.95. The van der Waals surface area contributed by atoms with Crippen LogP contribution in [0, 0.1) is 19.7 Å². The molecule has 1 aliphatic rings. The number of nitrogens with zero attached hydrogens (tertiary/aromatic N) is 1. The van der Waals surface area contributed by atoms with E-state index in [1.807, 2.05) is 32.0 Å². The molecule has 4 N–H and O–H groups in total. The van der Waals surface area contributed by atoms with E-state index in [2.05, 4.69) is 15.6 Å². The first kappa shape index (κ1) is 26.2. The molecule has 1 atom stereocenters. The summed E-state index contributed by atoms with van der Waals surface area (Å²) in [5.74, 6) is -1.04. The predicted octanol–water partition coefficient (Wildman–Crippen LogP) is 5.74. The van der Waals surface area contributed by atoms with Gasteiger partial charge in [-0.3, -0.25) is 9.59 Å². The van der Waals surface area contributed by atoms with E-state index < -0.39 is 22.9 Å². The van der Waals surface area contributed by atoms with Gasteiger partial charge in [0.2, 0.25) is 5.91 Å². The van der Waals surface area contributed by atoms with E-state index in [1.165, 1.54) is 19.2 Å². The number of ether oxygens (including phenoxy) is 1. The fraction of sp³-hybridized carbons (Fsp3) is 0.148. The maximum atomic E-state index is 13.5. The SMILES string of the molecule is COc1cccc(NC(=O)C2=C(N)[C@H](C(=O)Nc3ccc(F)c(Cl)c3)SC2=Nc2ccc(C)c(C)c2)c1. The summed E-state index contributed by atoms with van der Waals surface area (Å²) in [4.78, 5) is 31.2. The molecule has 3 aromatic carbocycles.